The molecular weight excluding hydrogens is 264 g/mol. The van der Waals surface area contributed by atoms with Crippen LogP contribution in [0.15, 0.2) is 24.5 Å². The molecule has 5 nitrogen and oxygen atoms in total. The molecule has 3 rings (SSSR count). The van der Waals surface area contributed by atoms with Crippen LogP contribution in [0.25, 0.3) is 5.65 Å². The van der Waals surface area contributed by atoms with Crippen LogP contribution in [-0.4, -0.2) is 40.2 Å². The van der Waals surface area contributed by atoms with E-state index in [1.807, 2.05) is 28.9 Å². The Morgan fingerprint density at radius 1 is 1.47 bits per heavy atom. The zero-order valence-electron chi connectivity index (χ0n) is 10.5. The highest BCUT2D eigenvalue weighted by Crippen LogP contribution is 2.13. The number of hydrogen-bond acceptors (Lipinski definition) is 4. The number of β-amino-alcohol motifs (C(OH)–C–C–N with tert-alkyl or cyclic N) is 1. The summed E-state index contributed by atoms with van der Waals surface area (Å²) in [5.74, 6) is 0.280. The molecule has 2 aromatic rings. The van der Waals surface area contributed by atoms with Gasteiger partial charge in [0.1, 0.15) is 5.65 Å². The first kappa shape index (κ1) is 12.9. The lowest BCUT2D eigenvalue weighted by molar-refractivity contribution is 0.146. The Balaban J connectivity index is 1.63. The van der Waals surface area contributed by atoms with Crippen molar-refractivity contribution < 1.29 is 5.11 Å². The minimum Gasteiger partial charge on any atom is -0.391 e. The Morgan fingerprint density at radius 2 is 2.37 bits per heavy atom. The third-order valence-corrected chi connectivity index (χ3v) is 3.79. The normalized spacial score (nSPS) is 23.3. The van der Waals surface area contributed by atoms with Gasteiger partial charge in [0.05, 0.1) is 23.0 Å². The van der Waals surface area contributed by atoms with E-state index in [0.717, 1.165) is 24.4 Å². The third-order valence-electron chi connectivity index (χ3n) is 3.56. The molecule has 0 bridgehead atoms. The molecule has 1 saturated heterocycles. The summed E-state index contributed by atoms with van der Waals surface area (Å²) in [5.41, 5.74) is 1.96. The van der Waals surface area contributed by atoms with Crippen molar-refractivity contribution in [3.05, 3.63) is 35.2 Å². The lowest BCUT2D eigenvalue weighted by atomic mass is 10.1. The summed E-state index contributed by atoms with van der Waals surface area (Å²) >= 11 is 5.99. The average Bonchev–Trinajstić information content (AvgIpc) is 2.97. The Bertz CT molecular complexity index is 571. The fraction of sp³-hybridized carbons (Fsp3) is 0.462. The van der Waals surface area contributed by atoms with E-state index in [2.05, 4.69) is 15.6 Å². The maximum absolute atomic E-state index is 9.72. The Morgan fingerprint density at radius 3 is 3.16 bits per heavy atom. The van der Waals surface area contributed by atoms with Crippen molar-refractivity contribution in [2.24, 2.45) is 5.92 Å². The number of nitrogens with one attached hydrogen (secondary N) is 2. The number of nitrogens with zero attached hydrogens (tertiary/aromatic N) is 2. The SMILES string of the molecule is OC1CNCC1CNCc1cnc2ccc(Cl)cn12. The molecule has 0 amide bonds. The first-order valence-corrected chi connectivity index (χ1v) is 6.83. The highest BCUT2D eigenvalue weighted by Gasteiger charge is 2.24. The fourth-order valence-electron chi connectivity index (χ4n) is 2.45. The lowest BCUT2D eigenvalue weighted by Crippen LogP contribution is -2.30. The molecular formula is C13H17ClN4O. The van der Waals surface area contributed by atoms with Crippen LogP contribution < -0.4 is 10.6 Å². The van der Waals surface area contributed by atoms with Gasteiger partial charge in [-0.15, -0.1) is 0 Å². The van der Waals surface area contributed by atoms with Crippen molar-refractivity contribution in [3.63, 3.8) is 0 Å². The van der Waals surface area contributed by atoms with Gasteiger partial charge in [-0.05, 0) is 12.1 Å². The van der Waals surface area contributed by atoms with Crippen molar-refractivity contribution in [2.45, 2.75) is 12.6 Å². The van der Waals surface area contributed by atoms with Crippen LogP contribution in [0.4, 0.5) is 0 Å². The quantitative estimate of drug-likeness (QED) is 0.770. The summed E-state index contributed by atoms with van der Waals surface area (Å²) in [6.07, 6.45) is 3.47. The number of aromatic nitrogens is 2. The summed E-state index contributed by atoms with van der Waals surface area (Å²) < 4.78 is 1.98. The zero-order valence-corrected chi connectivity index (χ0v) is 11.3. The largest absolute Gasteiger partial charge is 0.391 e. The predicted molar refractivity (Wildman–Crippen MR) is 74.3 cm³/mol. The standard InChI is InChI=1S/C13H17ClN4O/c14-10-1-2-13-17-6-11(18(13)8-10)5-15-3-9-4-16-7-12(9)19/h1-2,6,8-9,12,15-16,19H,3-5,7H2. The minimum absolute atomic E-state index is 0.246. The molecule has 6 heteroatoms. The highest BCUT2D eigenvalue weighted by molar-refractivity contribution is 6.30. The van der Waals surface area contributed by atoms with Gasteiger partial charge in [0.15, 0.2) is 0 Å². The second-order valence-corrected chi connectivity index (χ2v) is 5.38. The molecule has 0 aromatic carbocycles. The maximum atomic E-state index is 9.72. The summed E-state index contributed by atoms with van der Waals surface area (Å²) in [6.45, 7) is 3.07. The number of halogens is 1. The van der Waals surface area contributed by atoms with Crippen LogP contribution in [0.1, 0.15) is 5.69 Å². The maximum Gasteiger partial charge on any atom is 0.137 e. The lowest BCUT2D eigenvalue weighted by Gasteiger charge is -2.13. The van der Waals surface area contributed by atoms with E-state index in [4.69, 9.17) is 11.6 Å². The van der Waals surface area contributed by atoms with E-state index < -0.39 is 0 Å². The molecule has 0 aliphatic carbocycles. The van der Waals surface area contributed by atoms with Crippen LogP contribution >= 0.6 is 11.6 Å². The first-order valence-electron chi connectivity index (χ1n) is 6.45. The monoisotopic (exact) mass is 280 g/mol. The van der Waals surface area contributed by atoms with Crippen LogP contribution in [0, 0.1) is 5.92 Å². The molecule has 3 heterocycles. The molecule has 0 radical (unpaired) electrons. The van der Waals surface area contributed by atoms with Gasteiger partial charge in [0.2, 0.25) is 0 Å². The van der Waals surface area contributed by atoms with Gasteiger partial charge in [-0.3, -0.25) is 0 Å². The summed E-state index contributed by atoms with van der Waals surface area (Å²) in [5, 5.41) is 17.0. The van der Waals surface area contributed by atoms with E-state index in [1.165, 1.54) is 0 Å². The highest BCUT2D eigenvalue weighted by atomic mass is 35.5. The molecule has 2 unspecified atom stereocenters. The van der Waals surface area contributed by atoms with Gasteiger partial charge >= 0.3 is 0 Å². The van der Waals surface area contributed by atoms with Crippen molar-refractivity contribution in [1.29, 1.82) is 0 Å². The van der Waals surface area contributed by atoms with Gasteiger partial charge in [0, 0.05) is 38.3 Å². The number of aliphatic hydroxyl groups excluding tert-OH is 1. The number of hydrogen-bond donors (Lipinski definition) is 3. The first-order chi connectivity index (χ1) is 9.24. The number of fused-ring (bicyclic) bond motifs is 1. The smallest absolute Gasteiger partial charge is 0.137 e. The molecule has 1 aliphatic heterocycles. The Kier molecular flexibility index (Phi) is 3.70. The van der Waals surface area contributed by atoms with Crippen molar-refractivity contribution in [2.75, 3.05) is 19.6 Å². The molecule has 19 heavy (non-hydrogen) atoms. The molecule has 0 spiro atoms. The minimum atomic E-state index is -0.246. The van der Waals surface area contributed by atoms with E-state index in [1.54, 1.807) is 0 Å². The Labute approximate surface area is 116 Å². The van der Waals surface area contributed by atoms with Crippen LogP contribution in [0.2, 0.25) is 5.02 Å². The number of imidazole rings is 1. The van der Waals surface area contributed by atoms with E-state index in [9.17, 15) is 5.11 Å². The topological polar surface area (TPSA) is 61.6 Å². The molecule has 0 saturated carbocycles. The summed E-state index contributed by atoms with van der Waals surface area (Å²) in [4.78, 5) is 4.33. The van der Waals surface area contributed by atoms with E-state index in [0.29, 0.717) is 18.1 Å². The summed E-state index contributed by atoms with van der Waals surface area (Å²) in [7, 11) is 0. The van der Waals surface area contributed by atoms with Crippen LogP contribution in [-0.2, 0) is 6.54 Å². The predicted octanol–water partition coefficient (Wildman–Crippen LogP) is 0.658. The van der Waals surface area contributed by atoms with Crippen molar-refractivity contribution >= 4 is 17.2 Å². The Hall–Kier alpha value is -1.14. The second-order valence-electron chi connectivity index (χ2n) is 4.94. The number of aliphatic hydroxyl groups is 1. The van der Waals surface area contributed by atoms with Gasteiger partial charge in [-0.25, -0.2) is 4.98 Å². The second kappa shape index (κ2) is 5.46. The van der Waals surface area contributed by atoms with Crippen molar-refractivity contribution in [1.82, 2.24) is 20.0 Å². The molecule has 1 fully saturated rings. The summed E-state index contributed by atoms with van der Waals surface area (Å²) in [6, 6.07) is 3.73. The van der Waals surface area contributed by atoms with Gasteiger partial charge in [-0.2, -0.15) is 0 Å². The van der Waals surface area contributed by atoms with Crippen LogP contribution in [0.5, 0.6) is 0 Å². The van der Waals surface area contributed by atoms with Crippen molar-refractivity contribution in [3.8, 4) is 0 Å². The van der Waals surface area contributed by atoms with E-state index in [-0.39, 0.29) is 12.0 Å². The number of pyridine rings is 1. The van der Waals surface area contributed by atoms with Gasteiger partial charge in [-0.1, -0.05) is 11.6 Å². The van der Waals surface area contributed by atoms with Gasteiger partial charge < -0.3 is 20.1 Å². The molecule has 3 N–H and O–H groups in total. The molecule has 2 aromatic heterocycles. The zero-order chi connectivity index (χ0) is 13.2. The average molecular weight is 281 g/mol. The number of rotatable bonds is 4. The molecule has 2 atom stereocenters. The van der Waals surface area contributed by atoms with Gasteiger partial charge in [0.25, 0.3) is 0 Å². The van der Waals surface area contributed by atoms with Crippen LogP contribution in [0.3, 0.4) is 0 Å². The molecule has 102 valence electrons. The third kappa shape index (κ3) is 2.74. The van der Waals surface area contributed by atoms with E-state index >= 15 is 0 Å². The fourth-order valence-corrected chi connectivity index (χ4v) is 2.61. The molecule has 1 aliphatic rings.